The topological polar surface area (TPSA) is 66.9 Å². The van der Waals surface area contributed by atoms with Crippen LogP contribution in [0, 0.1) is 5.92 Å². The zero-order chi connectivity index (χ0) is 19.7. The average molecular weight is 419 g/mol. The number of carbonyl (C=O) groups is 1. The van der Waals surface area contributed by atoms with Crippen molar-refractivity contribution < 1.29 is 17.9 Å². The zero-order valence-corrected chi connectivity index (χ0v) is 17.2. The van der Waals surface area contributed by atoms with Crippen molar-refractivity contribution in [1.29, 1.82) is 0 Å². The van der Waals surface area contributed by atoms with Crippen molar-refractivity contribution in [3.8, 4) is 0 Å². The first-order valence-corrected chi connectivity index (χ1v) is 11.9. The van der Waals surface area contributed by atoms with E-state index in [1.807, 2.05) is 12.3 Å². The number of fused-ring (bicyclic) bond motifs is 1. The first-order valence-electron chi connectivity index (χ1n) is 9.20. The predicted molar refractivity (Wildman–Crippen MR) is 111 cm³/mol. The lowest BCUT2D eigenvalue weighted by atomic mass is 10.0. The summed E-state index contributed by atoms with van der Waals surface area (Å²) in [6, 6.07) is 13.2. The lowest BCUT2D eigenvalue weighted by Gasteiger charge is -2.38. The monoisotopic (exact) mass is 418 g/mol. The van der Waals surface area contributed by atoms with Crippen LogP contribution in [0.2, 0.25) is 0 Å². The van der Waals surface area contributed by atoms with Gasteiger partial charge in [-0.3, -0.25) is 4.90 Å². The van der Waals surface area contributed by atoms with Crippen molar-refractivity contribution in [1.82, 2.24) is 0 Å². The highest BCUT2D eigenvalue weighted by atomic mass is 32.2. The van der Waals surface area contributed by atoms with Gasteiger partial charge in [0.15, 0.2) is 0 Å². The maximum Gasteiger partial charge on any atom is 0.343 e. The minimum atomic E-state index is -3.98. The number of sulfonamides is 1. The quantitative estimate of drug-likeness (QED) is 0.703. The Kier molecular flexibility index (Phi) is 5.35. The van der Waals surface area contributed by atoms with Gasteiger partial charge >= 0.3 is 6.03 Å². The van der Waals surface area contributed by atoms with Crippen LogP contribution in [0.3, 0.4) is 0 Å². The molecule has 2 heterocycles. The smallest absolute Gasteiger partial charge is 0.343 e. The van der Waals surface area contributed by atoms with E-state index in [2.05, 4.69) is 0 Å². The molecule has 0 spiro atoms. The molecule has 1 unspecified atom stereocenters. The molecule has 0 radical (unpaired) electrons. The van der Waals surface area contributed by atoms with Gasteiger partial charge < -0.3 is 4.74 Å². The number of thioether (sulfide) groups is 1. The molecule has 4 rings (SSSR count). The Morgan fingerprint density at radius 1 is 1.18 bits per heavy atom. The number of benzene rings is 2. The number of amides is 2. The summed E-state index contributed by atoms with van der Waals surface area (Å²) in [5.41, 5.74) is 0.798. The summed E-state index contributed by atoms with van der Waals surface area (Å²) in [6.45, 7) is 1.76. The fourth-order valence-corrected chi connectivity index (χ4v) is 5.72. The second-order valence-corrected chi connectivity index (χ2v) is 9.55. The molecule has 2 aromatic carbocycles. The van der Waals surface area contributed by atoms with Crippen molar-refractivity contribution in [3.63, 3.8) is 0 Å². The maximum atomic E-state index is 13.4. The Hall–Kier alpha value is -2.03. The molecule has 6 nitrogen and oxygen atoms in total. The Bertz CT molecular complexity index is 987. The lowest BCUT2D eigenvalue weighted by molar-refractivity contribution is 0.0578. The van der Waals surface area contributed by atoms with Gasteiger partial charge in [0.25, 0.3) is 10.0 Å². The molecule has 2 aliphatic rings. The van der Waals surface area contributed by atoms with Crippen LogP contribution in [0.1, 0.15) is 12.8 Å². The van der Waals surface area contributed by atoms with Crippen LogP contribution < -0.4 is 9.21 Å². The number of urea groups is 1. The van der Waals surface area contributed by atoms with Gasteiger partial charge in [0, 0.05) is 24.0 Å². The molecule has 1 fully saturated rings. The van der Waals surface area contributed by atoms with Crippen molar-refractivity contribution in [2.75, 3.05) is 35.2 Å². The Morgan fingerprint density at radius 2 is 2.00 bits per heavy atom. The minimum Gasteiger partial charge on any atom is -0.381 e. The normalized spacial score (nSPS) is 21.5. The third-order valence-electron chi connectivity index (χ3n) is 5.06. The fourth-order valence-electron chi connectivity index (χ4n) is 3.68. The summed E-state index contributed by atoms with van der Waals surface area (Å²) < 4.78 is 33.1. The first kappa shape index (κ1) is 19.3. The molecule has 0 aromatic heterocycles. The SMILES string of the molecule is CSc1cccc(N2C(=O)N(CC3CCCOC3)c3ccccc3S2(=O)=O)c1. The van der Waals surface area contributed by atoms with Gasteiger partial charge in [-0.2, -0.15) is 4.31 Å². The summed E-state index contributed by atoms with van der Waals surface area (Å²) in [7, 11) is -3.98. The summed E-state index contributed by atoms with van der Waals surface area (Å²) in [5, 5.41) is 0. The van der Waals surface area contributed by atoms with Crippen molar-refractivity contribution >= 4 is 39.2 Å². The van der Waals surface area contributed by atoms with E-state index in [-0.39, 0.29) is 10.8 Å². The summed E-state index contributed by atoms with van der Waals surface area (Å²) >= 11 is 1.50. The van der Waals surface area contributed by atoms with Crippen LogP contribution in [-0.4, -0.2) is 40.5 Å². The van der Waals surface area contributed by atoms with Gasteiger partial charge in [0.05, 0.1) is 18.0 Å². The second kappa shape index (κ2) is 7.77. The average Bonchev–Trinajstić information content (AvgIpc) is 2.72. The van der Waals surface area contributed by atoms with Crippen LogP contribution in [0.15, 0.2) is 58.3 Å². The summed E-state index contributed by atoms with van der Waals surface area (Å²) in [4.78, 5) is 16.0. The number of nitrogens with zero attached hydrogens (tertiary/aromatic N) is 2. The van der Waals surface area contributed by atoms with Crippen LogP contribution in [-0.2, 0) is 14.8 Å². The molecule has 148 valence electrons. The zero-order valence-electron chi connectivity index (χ0n) is 15.6. The van der Waals surface area contributed by atoms with E-state index in [0.29, 0.717) is 24.5 Å². The molecule has 0 N–H and O–H groups in total. The Morgan fingerprint density at radius 3 is 2.75 bits per heavy atom. The summed E-state index contributed by atoms with van der Waals surface area (Å²) in [6.07, 6.45) is 3.82. The molecule has 0 saturated carbocycles. The van der Waals surface area contributed by atoms with E-state index in [1.54, 1.807) is 47.4 Å². The highest BCUT2D eigenvalue weighted by Gasteiger charge is 2.43. The molecule has 1 atom stereocenters. The predicted octanol–water partition coefficient (Wildman–Crippen LogP) is 3.97. The van der Waals surface area contributed by atoms with Gasteiger partial charge in [-0.25, -0.2) is 13.2 Å². The van der Waals surface area contributed by atoms with Gasteiger partial charge in [-0.1, -0.05) is 18.2 Å². The molecular formula is C20H22N2O4S2. The molecule has 0 bridgehead atoms. The highest BCUT2D eigenvalue weighted by molar-refractivity contribution is 7.98. The number of ether oxygens (including phenoxy) is 1. The van der Waals surface area contributed by atoms with Crippen molar-refractivity contribution in [2.45, 2.75) is 22.6 Å². The number of carbonyl (C=O) groups excluding carboxylic acids is 1. The third kappa shape index (κ3) is 3.40. The molecule has 8 heteroatoms. The van der Waals surface area contributed by atoms with E-state index >= 15 is 0 Å². The fraction of sp³-hybridized carbons (Fsp3) is 0.350. The molecular weight excluding hydrogens is 396 g/mol. The molecule has 2 aliphatic heterocycles. The minimum absolute atomic E-state index is 0.154. The van der Waals surface area contributed by atoms with E-state index in [4.69, 9.17) is 4.74 Å². The van der Waals surface area contributed by atoms with Gasteiger partial charge in [0.2, 0.25) is 0 Å². The largest absolute Gasteiger partial charge is 0.381 e. The van der Waals surface area contributed by atoms with Crippen molar-refractivity contribution in [2.24, 2.45) is 5.92 Å². The highest BCUT2D eigenvalue weighted by Crippen LogP contribution is 2.38. The van der Waals surface area contributed by atoms with Crippen LogP contribution in [0.4, 0.5) is 16.2 Å². The molecule has 2 aromatic rings. The standard InChI is InChI=1S/C20H22N2O4S2/c1-27-17-8-4-7-16(12-17)22-20(23)21(13-15-6-5-11-26-14-15)18-9-2-3-10-19(18)28(22,24)25/h2-4,7-10,12,15H,5-6,11,13-14H2,1H3. The van der Waals surface area contributed by atoms with Crippen LogP contribution >= 0.6 is 11.8 Å². The van der Waals surface area contributed by atoms with Crippen LogP contribution in [0.25, 0.3) is 0 Å². The second-order valence-electron chi connectivity index (χ2n) is 6.91. The van der Waals surface area contributed by atoms with E-state index in [0.717, 1.165) is 28.6 Å². The van der Waals surface area contributed by atoms with E-state index < -0.39 is 16.1 Å². The molecule has 0 aliphatic carbocycles. The number of rotatable bonds is 4. The molecule has 1 saturated heterocycles. The first-order chi connectivity index (χ1) is 13.5. The van der Waals surface area contributed by atoms with E-state index in [9.17, 15) is 13.2 Å². The lowest BCUT2D eigenvalue weighted by Crippen LogP contribution is -2.52. The van der Waals surface area contributed by atoms with Gasteiger partial charge in [-0.05, 0) is 49.4 Å². The number of hydrogen-bond donors (Lipinski definition) is 0. The third-order valence-corrected chi connectivity index (χ3v) is 7.54. The van der Waals surface area contributed by atoms with E-state index in [1.165, 1.54) is 11.8 Å². The Balaban J connectivity index is 1.80. The summed E-state index contributed by atoms with van der Waals surface area (Å²) in [5.74, 6) is 0.186. The number of para-hydroxylation sites is 1. The number of hydrogen-bond acceptors (Lipinski definition) is 5. The van der Waals surface area contributed by atoms with Crippen molar-refractivity contribution in [3.05, 3.63) is 48.5 Å². The van der Waals surface area contributed by atoms with Gasteiger partial charge in [0.1, 0.15) is 4.90 Å². The maximum absolute atomic E-state index is 13.4. The number of anilines is 2. The van der Waals surface area contributed by atoms with Crippen LogP contribution in [0.5, 0.6) is 0 Å². The Labute approximate surface area is 169 Å². The molecule has 28 heavy (non-hydrogen) atoms. The molecule has 2 amide bonds. The van der Waals surface area contributed by atoms with Gasteiger partial charge in [-0.15, -0.1) is 11.8 Å².